The van der Waals surface area contributed by atoms with Crippen molar-refractivity contribution in [3.8, 4) is 0 Å². The lowest BCUT2D eigenvalue weighted by Gasteiger charge is -2.27. The molecule has 0 unspecified atom stereocenters. The Labute approximate surface area is 355 Å². The second-order valence-corrected chi connectivity index (χ2v) is 18.1. The molecule has 0 spiro atoms. The number of amides is 3. The number of imide groups is 1. The third-order valence-electron chi connectivity index (χ3n) is 11.7. The predicted octanol–water partition coefficient (Wildman–Crippen LogP) is 8.40. The van der Waals surface area contributed by atoms with Gasteiger partial charge in [0.15, 0.2) is 5.71 Å². The van der Waals surface area contributed by atoms with E-state index >= 15 is 0 Å². The first-order chi connectivity index (χ1) is 28.6. The quantitative estimate of drug-likeness (QED) is 0.0539. The molecule has 3 aliphatic heterocycles. The fraction of sp³-hybridized carbons (Fsp3) is 0.347. The summed E-state index contributed by atoms with van der Waals surface area (Å²) in [6.07, 6.45) is 32.1. The number of benzene rings is 2. The Morgan fingerprint density at radius 1 is 0.800 bits per heavy atom. The average molecular weight is 830 g/mol. The number of carbonyl (C=O) groups is 3. The number of unbranched alkanes of at least 4 members (excludes halogenated alkanes) is 2. The molecule has 4 aliphatic rings. The zero-order chi connectivity index (χ0) is 43.1. The minimum absolute atomic E-state index is 0.136. The smallest absolute Gasteiger partial charge is 0.294 e. The lowest BCUT2D eigenvalue weighted by Crippen LogP contribution is -2.38. The zero-order valence-corrected chi connectivity index (χ0v) is 36.2. The van der Waals surface area contributed by atoms with Crippen LogP contribution in [0.5, 0.6) is 0 Å². The van der Waals surface area contributed by atoms with Gasteiger partial charge in [0.25, 0.3) is 21.9 Å². The number of nitrogens with one attached hydrogen (secondary N) is 1. The van der Waals surface area contributed by atoms with E-state index in [2.05, 4.69) is 122 Å². The van der Waals surface area contributed by atoms with Gasteiger partial charge in [0.05, 0.1) is 10.3 Å². The molecule has 10 nitrogen and oxygen atoms in total. The van der Waals surface area contributed by atoms with Crippen LogP contribution in [0.2, 0.25) is 0 Å². The summed E-state index contributed by atoms with van der Waals surface area (Å²) >= 11 is 0. The summed E-state index contributed by atoms with van der Waals surface area (Å²) in [5.41, 5.74) is 8.27. The number of aryl methyl sites for hydroxylation is 1. The van der Waals surface area contributed by atoms with Gasteiger partial charge in [-0.3, -0.25) is 23.8 Å². The van der Waals surface area contributed by atoms with E-state index in [0.717, 1.165) is 54.1 Å². The molecule has 60 heavy (non-hydrogen) atoms. The molecule has 0 atom stereocenters. The van der Waals surface area contributed by atoms with Crippen LogP contribution in [0.15, 0.2) is 138 Å². The van der Waals surface area contributed by atoms with Crippen LogP contribution in [-0.4, -0.2) is 72.1 Å². The molecule has 0 saturated carbocycles. The third-order valence-corrected chi connectivity index (χ3v) is 12.5. The van der Waals surface area contributed by atoms with Crippen LogP contribution in [0.4, 0.5) is 11.4 Å². The van der Waals surface area contributed by atoms with E-state index in [9.17, 15) is 27.4 Å². The first-order valence-corrected chi connectivity index (χ1v) is 22.2. The zero-order valence-electron chi connectivity index (χ0n) is 35.4. The number of hydrogen-bond acceptors (Lipinski definition) is 6. The highest BCUT2D eigenvalue weighted by Gasteiger charge is 2.45. The highest BCUT2D eigenvalue weighted by molar-refractivity contribution is 7.85. The van der Waals surface area contributed by atoms with Gasteiger partial charge in [0, 0.05) is 79.1 Å². The molecule has 6 rings (SSSR count). The minimum Gasteiger partial charge on any atom is -0.354 e. The second-order valence-electron chi connectivity index (χ2n) is 16.7. The molecule has 0 bridgehead atoms. The van der Waals surface area contributed by atoms with Crippen LogP contribution >= 0.6 is 0 Å². The summed E-state index contributed by atoms with van der Waals surface area (Å²) in [5.74, 6) is -0.876. The van der Waals surface area contributed by atoms with E-state index in [1.165, 1.54) is 46.3 Å². The topological polar surface area (TPSA) is 127 Å². The molecule has 1 aliphatic carbocycles. The predicted molar refractivity (Wildman–Crippen MR) is 239 cm³/mol. The average Bonchev–Trinajstić information content (AvgIpc) is 3.69. The van der Waals surface area contributed by atoms with Crippen LogP contribution in [0.1, 0.15) is 82.9 Å². The summed E-state index contributed by atoms with van der Waals surface area (Å²) < 4.78 is 36.4. The lowest BCUT2D eigenvalue weighted by atomic mass is 9.81. The molecule has 2 N–H and O–H groups in total. The molecular weight excluding hydrogens is 773 g/mol. The maximum atomic E-state index is 12.5. The maximum Gasteiger partial charge on any atom is 0.294 e. The van der Waals surface area contributed by atoms with Gasteiger partial charge in [-0.2, -0.15) is 13.0 Å². The largest absolute Gasteiger partial charge is 0.354 e. The van der Waals surface area contributed by atoms with E-state index in [-0.39, 0.29) is 41.1 Å². The van der Waals surface area contributed by atoms with E-state index < -0.39 is 15.5 Å². The van der Waals surface area contributed by atoms with Crippen molar-refractivity contribution >= 4 is 44.9 Å². The van der Waals surface area contributed by atoms with Crippen molar-refractivity contribution in [3.63, 3.8) is 0 Å². The van der Waals surface area contributed by atoms with Crippen LogP contribution in [0.3, 0.4) is 0 Å². The lowest BCUT2D eigenvalue weighted by molar-refractivity contribution is -0.438. The first kappa shape index (κ1) is 43.9. The number of allylic oxidation sites excluding steroid dienone is 14. The monoisotopic (exact) mass is 829 g/mol. The number of hydrogen-bond donors (Lipinski definition) is 2. The summed E-state index contributed by atoms with van der Waals surface area (Å²) in [7, 11) is -4.40. The normalized spacial score (nSPS) is 19.7. The van der Waals surface area contributed by atoms with Crippen molar-refractivity contribution in [3.05, 3.63) is 149 Å². The van der Waals surface area contributed by atoms with Crippen molar-refractivity contribution in [2.45, 2.75) is 88.9 Å². The molecule has 0 radical (unpaired) electrons. The van der Waals surface area contributed by atoms with Crippen molar-refractivity contribution in [2.75, 3.05) is 31.1 Å². The van der Waals surface area contributed by atoms with Crippen LogP contribution < -0.4 is 10.2 Å². The molecule has 3 heterocycles. The van der Waals surface area contributed by atoms with Gasteiger partial charge in [-0.25, -0.2) is 0 Å². The van der Waals surface area contributed by atoms with Gasteiger partial charge in [-0.15, -0.1) is 0 Å². The molecule has 11 heteroatoms. The Bertz CT molecular complexity index is 2400. The highest BCUT2D eigenvalue weighted by Crippen LogP contribution is 2.48. The molecule has 0 aromatic heterocycles. The molecule has 0 fully saturated rings. The van der Waals surface area contributed by atoms with Crippen LogP contribution in [-0.2, 0) is 35.3 Å². The van der Waals surface area contributed by atoms with Crippen molar-refractivity contribution in [1.29, 1.82) is 0 Å². The van der Waals surface area contributed by atoms with Gasteiger partial charge in [0.2, 0.25) is 11.6 Å². The number of rotatable bonds is 17. The Kier molecular flexibility index (Phi) is 13.7. The Morgan fingerprint density at radius 2 is 1.55 bits per heavy atom. The molecule has 314 valence electrons. The van der Waals surface area contributed by atoms with Crippen molar-refractivity contribution in [2.24, 2.45) is 0 Å². The standard InChI is InChI=1S/C49H56N4O6S/c1-36-24-26-41-39(34-36)48(2,3)43(52(41)32-17-20-37-18-11-7-6-8-12-19-37)21-13-9-14-22-44-49(4,5)40-35-38(60(57,58)59)25-27-42(40)51(44)31-16-10-15-23-45(54)50-30-33-53-46(55)28-29-47(53)56/h6-9,11-14,18-19,21-22,24-29,34-35H,10,15-17,20,23,30-33H2,1-5H3,(H-,50,54,57,58,59)/p+1/b7-6-,8-6?,11-7?,12-8-,18-11?,19-12?,37-18?,37-19?. The van der Waals surface area contributed by atoms with E-state index in [4.69, 9.17) is 0 Å². The molecule has 0 saturated heterocycles. The molecule has 2 aromatic carbocycles. The summed E-state index contributed by atoms with van der Waals surface area (Å²) in [5, 5.41) is 2.79. The summed E-state index contributed by atoms with van der Waals surface area (Å²) in [6, 6.07) is 11.5. The second kappa shape index (κ2) is 18.7. The third kappa shape index (κ3) is 10.0. The Hall–Kier alpha value is -5.65. The van der Waals surface area contributed by atoms with Gasteiger partial charge in [0.1, 0.15) is 6.54 Å². The number of nitrogens with zero attached hydrogens (tertiary/aromatic N) is 3. The Balaban J connectivity index is 1.16. The number of carbonyl (C=O) groups excluding carboxylic acids is 3. The fourth-order valence-electron chi connectivity index (χ4n) is 8.44. The Morgan fingerprint density at radius 3 is 2.32 bits per heavy atom. The summed E-state index contributed by atoms with van der Waals surface area (Å²) in [6.45, 7) is 12.7. The van der Waals surface area contributed by atoms with E-state index in [1.807, 2.05) is 18.2 Å². The van der Waals surface area contributed by atoms with Gasteiger partial charge in [-0.05, 0) is 81.9 Å². The SMILES string of the molecule is Cc1ccc2c(c1)C(C)(C)C(=CC=CC=CC1=[N+](CCCCCC(=O)NCCN3C(=O)C=CC3=O)c3ccc(S(=O)(=O)O)cc3C1(C)C)N2CCCC1=C/C=C\C=C/C=C1. The first-order valence-electron chi connectivity index (χ1n) is 20.8. The van der Waals surface area contributed by atoms with E-state index in [1.54, 1.807) is 12.1 Å². The molecule has 3 amide bonds. The molecular formula is C49H57N4O6S+. The van der Waals surface area contributed by atoms with Gasteiger partial charge >= 0.3 is 0 Å². The molecule has 2 aromatic rings. The minimum atomic E-state index is -4.40. The van der Waals surface area contributed by atoms with Crippen LogP contribution in [0, 0.1) is 6.92 Å². The van der Waals surface area contributed by atoms with Gasteiger partial charge in [-0.1, -0.05) is 92.3 Å². The van der Waals surface area contributed by atoms with Gasteiger partial charge < -0.3 is 10.2 Å². The number of fused-ring (bicyclic) bond motifs is 2. The number of anilines is 1. The van der Waals surface area contributed by atoms with Crippen molar-refractivity contribution in [1.82, 2.24) is 10.2 Å². The fourth-order valence-corrected chi connectivity index (χ4v) is 8.94. The summed E-state index contributed by atoms with van der Waals surface area (Å²) in [4.78, 5) is 39.4. The van der Waals surface area contributed by atoms with Crippen molar-refractivity contribution < 1.29 is 31.9 Å². The van der Waals surface area contributed by atoms with Crippen LogP contribution in [0.25, 0.3) is 0 Å². The van der Waals surface area contributed by atoms with E-state index in [0.29, 0.717) is 19.4 Å². The maximum absolute atomic E-state index is 12.5. The highest BCUT2D eigenvalue weighted by atomic mass is 32.2.